The fourth-order valence-electron chi connectivity index (χ4n) is 1.12. The van der Waals surface area contributed by atoms with Gasteiger partial charge in [0.05, 0.1) is 6.54 Å². The van der Waals surface area contributed by atoms with Crippen LogP contribution in [0.2, 0.25) is 0 Å². The molecule has 0 aliphatic heterocycles. The number of nitrogens with two attached hydrogens (primary N) is 1. The third-order valence-corrected chi connectivity index (χ3v) is 2.05. The number of rotatable bonds is 6. The molecule has 0 radical (unpaired) electrons. The standard InChI is InChI=1S/C11H14F2N2O3/c12-9-2-1-8(3-10(9)13)18-6-7(16)5-15-11(17)4-14/h1-3,7,16H,4-6,14H2,(H,15,17). The van der Waals surface area contributed by atoms with E-state index in [-0.39, 0.29) is 25.4 Å². The smallest absolute Gasteiger partial charge is 0.233 e. The number of hydrogen-bond acceptors (Lipinski definition) is 4. The van der Waals surface area contributed by atoms with Crippen LogP contribution < -0.4 is 15.8 Å². The summed E-state index contributed by atoms with van der Waals surface area (Å²) >= 11 is 0. The zero-order valence-corrected chi connectivity index (χ0v) is 9.53. The number of amides is 1. The van der Waals surface area contributed by atoms with Gasteiger partial charge >= 0.3 is 0 Å². The van der Waals surface area contributed by atoms with E-state index >= 15 is 0 Å². The maximum absolute atomic E-state index is 12.8. The second-order valence-electron chi connectivity index (χ2n) is 3.55. The first-order valence-corrected chi connectivity index (χ1v) is 5.25. The number of hydrogen-bond donors (Lipinski definition) is 3. The van der Waals surface area contributed by atoms with Crippen LogP contribution in [0.1, 0.15) is 0 Å². The summed E-state index contributed by atoms with van der Waals surface area (Å²) in [5.74, 6) is -2.31. The fraction of sp³-hybridized carbons (Fsp3) is 0.364. The van der Waals surface area contributed by atoms with E-state index in [0.717, 1.165) is 12.1 Å². The largest absolute Gasteiger partial charge is 0.491 e. The quantitative estimate of drug-likeness (QED) is 0.660. The van der Waals surface area contributed by atoms with Crippen molar-refractivity contribution in [3.05, 3.63) is 29.8 Å². The lowest BCUT2D eigenvalue weighted by molar-refractivity contribution is -0.120. The maximum atomic E-state index is 12.8. The van der Waals surface area contributed by atoms with Crippen molar-refractivity contribution in [2.24, 2.45) is 5.73 Å². The topological polar surface area (TPSA) is 84.6 Å². The van der Waals surface area contributed by atoms with Crippen molar-refractivity contribution < 1.29 is 23.4 Å². The molecule has 7 heteroatoms. The Morgan fingerprint density at radius 3 is 2.78 bits per heavy atom. The monoisotopic (exact) mass is 260 g/mol. The zero-order chi connectivity index (χ0) is 13.5. The highest BCUT2D eigenvalue weighted by Gasteiger charge is 2.08. The molecule has 0 spiro atoms. The Kier molecular flexibility index (Phi) is 5.47. The van der Waals surface area contributed by atoms with Gasteiger partial charge in [-0.25, -0.2) is 8.78 Å². The molecule has 0 fully saturated rings. The van der Waals surface area contributed by atoms with Crippen LogP contribution in [0.5, 0.6) is 5.75 Å². The van der Waals surface area contributed by atoms with Gasteiger partial charge in [-0.05, 0) is 12.1 Å². The summed E-state index contributed by atoms with van der Waals surface area (Å²) in [6.07, 6.45) is -0.964. The van der Waals surface area contributed by atoms with Crippen LogP contribution in [0.4, 0.5) is 8.78 Å². The summed E-state index contributed by atoms with van der Waals surface area (Å²) < 4.78 is 30.5. The maximum Gasteiger partial charge on any atom is 0.233 e. The fourth-order valence-corrected chi connectivity index (χ4v) is 1.12. The molecule has 1 rings (SSSR count). The van der Waals surface area contributed by atoms with Crippen molar-refractivity contribution in [1.29, 1.82) is 0 Å². The third-order valence-electron chi connectivity index (χ3n) is 2.05. The lowest BCUT2D eigenvalue weighted by Crippen LogP contribution is -2.38. The molecule has 18 heavy (non-hydrogen) atoms. The van der Waals surface area contributed by atoms with Gasteiger partial charge in [0.2, 0.25) is 5.91 Å². The molecule has 0 aromatic heterocycles. The highest BCUT2D eigenvalue weighted by Crippen LogP contribution is 2.15. The summed E-state index contributed by atoms with van der Waals surface area (Å²) in [6.45, 7) is -0.355. The lowest BCUT2D eigenvalue weighted by atomic mass is 10.3. The van der Waals surface area contributed by atoms with E-state index < -0.39 is 23.6 Å². The van der Waals surface area contributed by atoms with E-state index in [2.05, 4.69) is 5.32 Å². The molecule has 0 bridgehead atoms. The lowest BCUT2D eigenvalue weighted by Gasteiger charge is -2.13. The van der Waals surface area contributed by atoms with Crippen molar-refractivity contribution >= 4 is 5.91 Å². The van der Waals surface area contributed by atoms with Gasteiger partial charge in [-0.3, -0.25) is 4.79 Å². The average Bonchev–Trinajstić information content (AvgIpc) is 2.37. The molecular formula is C11H14F2N2O3. The van der Waals surface area contributed by atoms with Gasteiger partial charge in [0, 0.05) is 12.6 Å². The number of ether oxygens (including phenoxy) is 1. The molecule has 1 aromatic carbocycles. The average molecular weight is 260 g/mol. The summed E-state index contributed by atoms with van der Waals surface area (Å²) in [7, 11) is 0. The van der Waals surface area contributed by atoms with Crippen LogP contribution in [0, 0.1) is 11.6 Å². The minimum absolute atomic E-state index is 0.0281. The predicted molar refractivity (Wildman–Crippen MR) is 59.9 cm³/mol. The van der Waals surface area contributed by atoms with Gasteiger partial charge in [-0.1, -0.05) is 0 Å². The first-order chi connectivity index (χ1) is 8.52. The molecule has 0 heterocycles. The van der Waals surface area contributed by atoms with Crippen LogP contribution in [-0.2, 0) is 4.79 Å². The molecule has 1 aromatic rings. The van der Waals surface area contributed by atoms with Crippen molar-refractivity contribution in [3.63, 3.8) is 0 Å². The summed E-state index contributed by atoms with van der Waals surface area (Å²) in [5, 5.41) is 11.8. The van der Waals surface area contributed by atoms with E-state index in [0.29, 0.717) is 0 Å². The molecule has 0 saturated heterocycles. The molecule has 0 aliphatic rings. The molecule has 1 unspecified atom stereocenters. The zero-order valence-electron chi connectivity index (χ0n) is 9.53. The van der Waals surface area contributed by atoms with E-state index in [1.165, 1.54) is 6.07 Å². The Bertz CT molecular complexity index is 415. The van der Waals surface area contributed by atoms with E-state index in [9.17, 15) is 18.7 Å². The van der Waals surface area contributed by atoms with Crippen LogP contribution in [0.3, 0.4) is 0 Å². The second-order valence-corrected chi connectivity index (χ2v) is 3.55. The molecule has 0 saturated carbocycles. The molecule has 1 amide bonds. The van der Waals surface area contributed by atoms with E-state index in [1.807, 2.05) is 0 Å². The SMILES string of the molecule is NCC(=O)NCC(O)COc1ccc(F)c(F)c1. The Hall–Kier alpha value is -1.73. The van der Waals surface area contributed by atoms with E-state index in [1.54, 1.807) is 0 Å². The number of carbonyl (C=O) groups excluding carboxylic acids is 1. The van der Waals surface area contributed by atoms with Gasteiger partial charge in [0.25, 0.3) is 0 Å². The normalized spacial score (nSPS) is 12.0. The number of benzene rings is 1. The van der Waals surface area contributed by atoms with Gasteiger partial charge in [-0.2, -0.15) is 0 Å². The number of halogens is 2. The van der Waals surface area contributed by atoms with Gasteiger partial charge in [0.1, 0.15) is 18.5 Å². The van der Waals surface area contributed by atoms with Crippen LogP contribution >= 0.6 is 0 Å². The highest BCUT2D eigenvalue weighted by molar-refractivity contribution is 5.77. The van der Waals surface area contributed by atoms with Crippen LogP contribution in [0.15, 0.2) is 18.2 Å². The summed E-state index contributed by atoms with van der Waals surface area (Å²) in [5.41, 5.74) is 5.05. The molecule has 1 atom stereocenters. The Morgan fingerprint density at radius 2 is 2.17 bits per heavy atom. The first-order valence-electron chi connectivity index (χ1n) is 5.25. The predicted octanol–water partition coefficient (Wildman–Crippen LogP) is -0.221. The molecule has 4 N–H and O–H groups in total. The Balaban J connectivity index is 2.35. The number of carbonyl (C=O) groups is 1. The minimum atomic E-state index is -1.03. The Labute approximate surface area is 103 Å². The summed E-state index contributed by atoms with van der Waals surface area (Å²) in [6, 6.07) is 3.04. The summed E-state index contributed by atoms with van der Waals surface area (Å²) in [4.78, 5) is 10.8. The highest BCUT2D eigenvalue weighted by atomic mass is 19.2. The van der Waals surface area contributed by atoms with Crippen molar-refractivity contribution in [1.82, 2.24) is 5.32 Å². The number of aliphatic hydroxyl groups excluding tert-OH is 1. The van der Waals surface area contributed by atoms with Gasteiger partial charge < -0.3 is 20.9 Å². The number of nitrogens with one attached hydrogen (secondary N) is 1. The Morgan fingerprint density at radius 1 is 1.44 bits per heavy atom. The molecule has 100 valence electrons. The minimum Gasteiger partial charge on any atom is -0.491 e. The van der Waals surface area contributed by atoms with E-state index in [4.69, 9.17) is 10.5 Å². The molecule has 5 nitrogen and oxygen atoms in total. The van der Waals surface area contributed by atoms with Crippen molar-refractivity contribution in [2.45, 2.75) is 6.10 Å². The second kappa shape index (κ2) is 6.87. The van der Waals surface area contributed by atoms with Crippen LogP contribution in [-0.4, -0.2) is 36.8 Å². The number of aliphatic hydroxyl groups is 1. The third kappa shape index (κ3) is 4.64. The van der Waals surface area contributed by atoms with Gasteiger partial charge in [0.15, 0.2) is 11.6 Å². The molecular weight excluding hydrogens is 246 g/mol. The molecule has 0 aliphatic carbocycles. The van der Waals surface area contributed by atoms with Gasteiger partial charge in [-0.15, -0.1) is 0 Å². The van der Waals surface area contributed by atoms with Crippen LogP contribution in [0.25, 0.3) is 0 Å². The van der Waals surface area contributed by atoms with Crippen molar-refractivity contribution in [3.8, 4) is 5.75 Å². The van der Waals surface area contributed by atoms with Crippen molar-refractivity contribution in [2.75, 3.05) is 19.7 Å². The first kappa shape index (κ1) is 14.3.